The summed E-state index contributed by atoms with van der Waals surface area (Å²) in [7, 11) is 1.67. The molecule has 18 heavy (non-hydrogen) atoms. The fourth-order valence-corrected chi connectivity index (χ4v) is 1.60. The molecule has 5 nitrogen and oxygen atoms in total. The van der Waals surface area contributed by atoms with Crippen LogP contribution in [0.5, 0.6) is 0 Å². The van der Waals surface area contributed by atoms with Crippen LogP contribution >= 0.6 is 0 Å². The molecule has 1 atom stereocenters. The van der Waals surface area contributed by atoms with E-state index < -0.39 is 5.82 Å². The van der Waals surface area contributed by atoms with Gasteiger partial charge in [0.25, 0.3) is 0 Å². The van der Waals surface area contributed by atoms with Crippen molar-refractivity contribution in [3.63, 3.8) is 0 Å². The quantitative estimate of drug-likeness (QED) is 0.750. The normalized spacial score (nSPS) is 13.2. The molecule has 1 unspecified atom stereocenters. The highest BCUT2D eigenvalue weighted by Gasteiger charge is 2.25. The van der Waals surface area contributed by atoms with Crippen LogP contribution in [0.4, 0.5) is 16.2 Å². The van der Waals surface area contributed by atoms with E-state index in [9.17, 15) is 4.39 Å². The molecule has 6 heteroatoms. The molecule has 0 spiro atoms. The molecule has 1 rings (SSSR count). The van der Waals surface area contributed by atoms with Gasteiger partial charge in [-0.1, -0.05) is 20.8 Å². The number of aliphatic hydroxyl groups is 1. The molecule has 0 amide bonds. The highest BCUT2D eigenvalue weighted by Crippen LogP contribution is 2.26. The van der Waals surface area contributed by atoms with Gasteiger partial charge >= 0.3 is 0 Å². The third-order valence-corrected chi connectivity index (χ3v) is 2.74. The summed E-state index contributed by atoms with van der Waals surface area (Å²) < 4.78 is 13.6. The van der Waals surface area contributed by atoms with Crippen molar-refractivity contribution in [2.45, 2.75) is 33.2 Å². The van der Waals surface area contributed by atoms with E-state index in [1.165, 1.54) is 0 Å². The standard InChI is InChI=1S/C12H21FN4O/c1-12(2,3)9(5-6-18)16-10-8(13)7-15-11(14-4)17-10/h7,9,18H,5-6H2,1-4H3,(H2,14,15,16,17). The predicted molar refractivity (Wildman–Crippen MR) is 70.1 cm³/mol. The van der Waals surface area contributed by atoms with Crippen LogP contribution in [0.15, 0.2) is 6.20 Å². The summed E-state index contributed by atoms with van der Waals surface area (Å²) in [5.41, 5.74) is -0.111. The summed E-state index contributed by atoms with van der Waals surface area (Å²) in [6.07, 6.45) is 1.65. The molecule has 0 bridgehead atoms. The molecule has 0 aliphatic heterocycles. The SMILES string of the molecule is CNc1ncc(F)c(NC(CCO)C(C)(C)C)n1. The summed E-state index contributed by atoms with van der Waals surface area (Å²) in [4.78, 5) is 7.82. The lowest BCUT2D eigenvalue weighted by Crippen LogP contribution is -2.35. The third-order valence-electron chi connectivity index (χ3n) is 2.74. The fraction of sp³-hybridized carbons (Fsp3) is 0.667. The number of aromatic nitrogens is 2. The molecule has 1 heterocycles. The second kappa shape index (κ2) is 5.95. The molecule has 0 saturated heterocycles. The monoisotopic (exact) mass is 256 g/mol. The van der Waals surface area contributed by atoms with E-state index in [0.29, 0.717) is 12.4 Å². The van der Waals surface area contributed by atoms with Crippen molar-refractivity contribution in [1.29, 1.82) is 0 Å². The van der Waals surface area contributed by atoms with Crippen molar-refractivity contribution in [2.24, 2.45) is 5.41 Å². The van der Waals surface area contributed by atoms with E-state index in [1.54, 1.807) is 7.05 Å². The van der Waals surface area contributed by atoms with Gasteiger partial charge in [-0.05, 0) is 11.8 Å². The molecule has 1 aromatic heterocycles. The van der Waals surface area contributed by atoms with Gasteiger partial charge in [-0.25, -0.2) is 9.37 Å². The third kappa shape index (κ3) is 3.80. The molecule has 0 saturated carbocycles. The Bertz CT molecular complexity index is 392. The maximum Gasteiger partial charge on any atom is 0.224 e. The predicted octanol–water partition coefficient (Wildman–Crippen LogP) is 1.87. The zero-order valence-corrected chi connectivity index (χ0v) is 11.3. The summed E-state index contributed by atoms with van der Waals surface area (Å²) in [5.74, 6) is 0.0134. The minimum Gasteiger partial charge on any atom is -0.396 e. The van der Waals surface area contributed by atoms with Crippen LogP contribution in [0.25, 0.3) is 0 Å². The zero-order valence-electron chi connectivity index (χ0n) is 11.3. The Kier molecular flexibility index (Phi) is 4.84. The minimum atomic E-state index is -0.499. The van der Waals surface area contributed by atoms with Crippen LogP contribution < -0.4 is 10.6 Å². The Balaban J connectivity index is 2.92. The van der Waals surface area contributed by atoms with Crippen LogP contribution in [-0.2, 0) is 0 Å². The van der Waals surface area contributed by atoms with Crippen molar-refractivity contribution in [2.75, 3.05) is 24.3 Å². The highest BCUT2D eigenvalue weighted by atomic mass is 19.1. The molecule has 0 aromatic carbocycles. The molecule has 102 valence electrons. The Morgan fingerprint density at radius 3 is 2.61 bits per heavy atom. The van der Waals surface area contributed by atoms with E-state index in [0.717, 1.165) is 6.20 Å². The second-order valence-electron chi connectivity index (χ2n) is 5.22. The average Bonchev–Trinajstić information content (AvgIpc) is 2.30. The summed E-state index contributed by atoms with van der Waals surface area (Å²) in [6.45, 7) is 6.12. The first-order chi connectivity index (χ1) is 8.38. The fourth-order valence-electron chi connectivity index (χ4n) is 1.60. The van der Waals surface area contributed by atoms with Crippen molar-refractivity contribution < 1.29 is 9.50 Å². The van der Waals surface area contributed by atoms with Crippen molar-refractivity contribution >= 4 is 11.8 Å². The first kappa shape index (κ1) is 14.6. The van der Waals surface area contributed by atoms with Crippen LogP contribution in [0.1, 0.15) is 27.2 Å². The Hall–Kier alpha value is -1.43. The second-order valence-corrected chi connectivity index (χ2v) is 5.22. The largest absolute Gasteiger partial charge is 0.396 e. The van der Waals surface area contributed by atoms with Gasteiger partial charge in [0.1, 0.15) is 0 Å². The lowest BCUT2D eigenvalue weighted by molar-refractivity contribution is 0.234. The molecule has 0 aliphatic carbocycles. The number of anilines is 2. The average molecular weight is 256 g/mol. The van der Waals surface area contributed by atoms with E-state index in [4.69, 9.17) is 5.11 Å². The first-order valence-electron chi connectivity index (χ1n) is 5.96. The van der Waals surface area contributed by atoms with Crippen LogP contribution in [-0.4, -0.2) is 34.8 Å². The van der Waals surface area contributed by atoms with E-state index in [-0.39, 0.29) is 23.9 Å². The van der Waals surface area contributed by atoms with E-state index in [2.05, 4.69) is 20.6 Å². The molecule has 0 aliphatic rings. The minimum absolute atomic E-state index is 0.0422. The van der Waals surface area contributed by atoms with Gasteiger partial charge in [-0.2, -0.15) is 4.98 Å². The van der Waals surface area contributed by atoms with Gasteiger partial charge in [0.2, 0.25) is 5.95 Å². The first-order valence-corrected chi connectivity index (χ1v) is 5.96. The van der Waals surface area contributed by atoms with Gasteiger partial charge in [0.05, 0.1) is 6.20 Å². The van der Waals surface area contributed by atoms with Gasteiger partial charge in [0.15, 0.2) is 11.6 Å². The number of rotatable bonds is 5. The Morgan fingerprint density at radius 2 is 2.11 bits per heavy atom. The van der Waals surface area contributed by atoms with Crippen LogP contribution in [0.2, 0.25) is 0 Å². The molecule has 1 aromatic rings. The summed E-state index contributed by atoms with van der Waals surface area (Å²) in [5, 5.41) is 14.9. The Morgan fingerprint density at radius 1 is 1.44 bits per heavy atom. The Labute approximate surface area is 107 Å². The van der Waals surface area contributed by atoms with Gasteiger partial charge < -0.3 is 15.7 Å². The van der Waals surface area contributed by atoms with Crippen molar-refractivity contribution in [3.05, 3.63) is 12.0 Å². The van der Waals surface area contributed by atoms with Gasteiger partial charge in [0, 0.05) is 19.7 Å². The summed E-state index contributed by atoms with van der Waals surface area (Å²) in [6, 6.07) is -0.0726. The molecular weight excluding hydrogens is 235 g/mol. The number of nitrogens with one attached hydrogen (secondary N) is 2. The number of hydrogen-bond acceptors (Lipinski definition) is 5. The number of halogens is 1. The molecule has 0 fully saturated rings. The van der Waals surface area contributed by atoms with Crippen molar-refractivity contribution in [3.8, 4) is 0 Å². The molecular formula is C12H21FN4O. The van der Waals surface area contributed by atoms with Crippen LogP contribution in [0, 0.1) is 11.2 Å². The lowest BCUT2D eigenvalue weighted by Gasteiger charge is -2.31. The number of hydrogen-bond donors (Lipinski definition) is 3. The molecule has 3 N–H and O–H groups in total. The van der Waals surface area contributed by atoms with E-state index >= 15 is 0 Å². The number of aliphatic hydroxyl groups excluding tert-OH is 1. The van der Waals surface area contributed by atoms with Gasteiger partial charge in [-0.15, -0.1) is 0 Å². The van der Waals surface area contributed by atoms with Crippen molar-refractivity contribution in [1.82, 2.24) is 9.97 Å². The maximum atomic E-state index is 13.6. The highest BCUT2D eigenvalue weighted by molar-refractivity contribution is 5.42. The topological polar surface area (TPSA) is 70.1 Å². The smallest absolute Gasteiger partial charge is 0.224 e. The molecule has 0 radical (unpaired) electrons. The number of nitrogens with zero attached hydrogens (tertiary/aromatic N) is 2. The zero-order chi connectivity index (χ0) is 13.8. The van der Waals surface area contributed by atoms with E-state index in [1.807, 2.05) is 20.8 Å². The van der Waals surface area contributed by atoms with Crippen LogP contribution in [0.3, 0.4) is 0 Å². The maximum absolute atomic E-state index is 13.6. The lowest BCUT2D eigenvalue weighted by atomic mass is 9.85. The van der Waals surface area contributed by atoms with Gasteiger partial charge in [-0.3, -0.25) is 0 Å². The summed E-state index contributed by atoms with van der Waals surface area (Å²) >= 11 is 0.